The third-order valence-corrected chi connectivity index (χ3v) is 2.80. The van der Waals surface area contributed by atoms with Crippen molar-refractivity contribution in [1.82, 2.24) is 9.97 Å². The van der Waals surface area contributed by atoms with E-state index in [9.17, 15) is 14.0 Å². The van der Waals surface area contributed by atoms with Crippen LogP contribution in [0.4, 0.5) is 4.39 Å². The number of halogens is 1. The molecule has 0 saturated heterocycles. The number of H-pyrrole nitrogens is 1. The van der Waals surface area contributed by atoms with E-state index in [0.29, 0.717) is 5.69 Å². The molecule has 2 N–H and O–H groups in total. The molecule has 0 amide bonds. The highest BCUT2D eigenvalue weighted by Gasteiger charge is 2.12. The molecule has 0 unspecified atom stereocenters. The number of nitrogens with zero attached hydrogens (tertiary/aromatic N) is 1. The SMILES string of the molecule is Cc1nc(COc2ccccc2F)[nH]c(=O)c1CC(=O)O. The fourth-order valence-electron chi connectivity index (χ4n) is 1.80. The quantitative estimate of drug-likeness (QED) is 0.869. The minimum absolute atomic E-state index is 0.0485. The first kappa shape index (κ1) is 14.7. The van der Waals surface area contributed by atoms with Crippen molar-refractivity contribution in [2.45, 2.75) is 20.0 Å². The first-order valence-corrected chi connectivity index (χ1v) is 6.15. The highest BCUT2D eigenvalue weighted by molar-refractivity contribution is 5.70. The average Bonchev–Trinajstić information content (AvgIpc) is 2.42. The van der Waals surface area contributed by atoms with Crippen LogP contribution in [-0.4, -0.2) is 21.0 Å². The van der Waals surface area contributed by atoms with Crippen LogP contribution in [-0.2, 0) is 17.8 Å². The molecule has 0 saturated carbocycles. The molecule has 110 valence electrons. The zero-order chi connectivity index (χ0) is 15.4. The van der Waals surface area contributed by atoms with Crippen molar-refractivity contribution in [3.63, 3.8) is 0 Å². The molecule has 21 heavy (non-hydrogen) atoms. The summed E-state index contributed by atoms with van der Waals surface area (Å²) in [6.45, 7) is 1.42. The van der Waals surface area contributed by atoms with Crippen LogP contribution in [0.1, 0.15) is 17.1 Å². The van der Waals surface area contributed by atoms with E-state index in [0.717, 1.165) is 0 Å². The van der Waals surface area contributed by atoms with Crippen LogP contribution in [0.15, 0.2) is 29.1 Å². The molecule has 1 aromatic carbocycles. The molecular weight excluding hydrogens is 279 g/mol. The largest absolute Gasteiger partial charge is 0.483 e. The van der Waals surface area contributed by atoms with Crippen LogP contribution in [0.25, 0.3) is 0 Å². The van der Waals surface area contributed by atoms with Gasteiger partial charge >= 0.3 is 5.97 Å². The van der Waals surface area contributed by atoms with Gasteiger partial charge in [0.15, 0.2) is 11.6 Å². The number of carboxylic acids is 1. The van der Waals surface area contributed by atoms with Crippen molar-refractivity contribution >= 4 is 5.97 Å². The number of hydrogen-bond acceptors (Lipinski definition) is 4. The number of rotatable bonds is 5. The van der Waals surface area contributed by atoms with Gasteiger partial charge in [-0.25, -0.2) is 9.37 Å². The van der Waals surface area contributed by atoms with Crippen LogP contribution >= 0.6 is 0 Å². The van der Waals surface area contributed by atoms with Crippen molar-refractivity contribution in [1.29, 1.82) is 0 Å². The second kappa shape index (κ2) is 6.17. The fraction of sp³-hybridized carbons (Fsp3) is 0.214. The second-order valence-electron chi connectivity index (χ2n) is 4.37. The van der Waals surface area contributed by atoms with Gasteiger partial charge in [-0.2, -0.15) is 0 Å². The van der Waals surface area contributed by atoms with E-state index >= 15 is 0 Å². The Kier molecular flexibility index (Phi) is 4.32. The smallest absolute Gasteiger partial charge is 0.308 e. The number of aromatic nitrogens is 2. The number of hydrogen-bond donors (Lipinski definition) is 2. The molecule has 0 aliphatic heterocycles. The standard InChI is InChI=1S/C14H13FN2O4/c1-8-9(6-13(18)19)14(20)17-12(16-8)7-21-11-5-3-2-4-10(11)15/h2-5H,6-7H2,1H3,(H,18,19)(H,16,17,20). The summed E-state index contributed by atoms with van der Waals surface area (Å²) >= 11 is 0. The maximum Gasteiger partial charge on any atom is 0.308 e. The van der Waals surface area contributed by atoms with Crippen molar-refractivity contribution in [2.24, 2.45) is 0 Å². The molecule has 7 heteroatoms. The molecule has 0 radical (unpaired) electrons. The first-order chi connectivity index (χ1) is 9.97. The lowest BCUT2D eigenvalue weighted by Crippen LogP contribution is -2.22. The van der Waals surface area contributed by atoms with Gasteiger partial charge in [-0.1, -0.05) is 12.1 Å². The van der Waals surface area contributed by atoms with Gasteiger partial charge in [0.25, 0.3) is 5.56 Å². The molecule has 1 aromatic heterocycles. The normalized spacial score (nSPS) is 10.4. The van der Waals surface area contributed by atoms with Crippen LogP contribution in [0.2, 0.25) is 0 Å². The van der Waals surface area contributed by atoms with Crippen molar-refractivity contribution in [3.8, 4) is 5.75 Å². The van der Waals surface area contributed by atoms with Gasteiger partial charge in [0.2, 0.25) is 0 Å². The highest BCUT2D eigenvalue weighted by Crippen LogP contribution is 2.16. The van der Waals surface area contributed by atoms with Crippen LogP contribution in [0.3, 0.4) is 0 Å². The molecule has 0 bridgehead atoms. The zero-order valence-electron chi connectivity index (χ0n) is 11.2. The minimum Gasteiger partial charge on any atom is -0.483 e. The van der Waals surface area contributed by atoms with E-state index in [1.807, 2.05) is 0 Å². The Hall–Kier alpha value is -2.70. The number of para-hydroxylation sites is 1. The summed E-state index contributed by atoms with van der Waals surface area (Å²) in [5.74, 6) is -1.37. The number of benzene rings is 1. The summed E-state index contributed by atoms with van der Waals surface area (Å²) in [7, 11) is 0. The van der Waals surface area contributed by atoms with Crippen LogP contribution in [0.5, 0.6) is 5.75 Å². The van der Waals surface area contributed by atoms with Gasteiger partial charge in [0.05, 0.1) is 6.42 Å². The molecule has 0 aliphatic carbocycles. The maximum atomic E-state index is 13.4. The van der Waals surface area contributed by atoms with E-state index in [1.165, 1.54) is 18.2 Å². The Morgan fingerprint density at radius 2 is 2.14 bits per heavy atom. The number of ether oxygens (including phenoxy) is 1. The molecule has 2 rings (SSSR count). The lowest BCUT2D eigenvalue weighted by atomic mass is 10.2. The van der Waals surface area contributed by atoms with Gasteiger partial charge in [-0.05, 0) is 19.1 Å². The summed E-state index contributed by atoms with van der Waals surface area (Å²) in [6.07, 6.45) is -0.400. The number of carboxylic acid groups (broad SMARTS) is 1. The van der Waals surface area contributed by atoms with E-state index in [1.54, 1.807) is 13.0 Å². The highest BCUT2D eigenvalue weighted by atomic mass is 19.1. The predicted molar refractivity (Wildman–Crippen MR) is 71.7 cm³/mol. The summed E-state index contributed by atoms with van der Waals surface area (Å²) in [5, 5.41) is 8.72. The molecule has 0 spiro atoms. The third kappa shape index (κ3) is 3.65. The third-order valence-electron chi connectivity index (χ3n) is 2.80. The second-order valence-corrected chi connectivity index (χ2v) is 4.37. The van der Waals surface area contributed by atoms with Crippen molar-refractivity contribution in [3.05, 3.63) is 57.5 Å². The van der Waals surface area contributed by atoms with E-state index in [-0.39, 0.29) is 23.7 Å². The lowest BCUT2D eigenvalue weighted by molar-refractivity contribution is -0.136. The maximum absolute atomic E-state index is 13.4. The summed E-state index contributed by atoms with van der Waals surface area (Å²) in [4.78, 5) is 28.9. The van der Waals surface area contributed by atoms with E-state index in [2.05, 4.69) is 9.97 Å². The summed E-state index contributed by atoms with van der Waals surface area (Å²) in [6, 6.07) is 5.87. The molecule has 0 fully saturated rings. The first-order valence-electron chi connectivity index (χ1n) is 6.15. The average molecular weight is 292 g/mol. The Balaban J connectivity index is 2.17. The monoisotopic (exact) mass is 292 g/mol. The molecule has 6 nitrogen and oxygen atoms in total. The minimum atomic E-state index is -1.11. The number of aryl methyl sites for hydroxylation is 1. The van der Waals surface area contributed by atoms with Crippen LogP contribution in [0, 0.1) is 12.7 Å². The molecule has 0 atom stereocenters. The molecule has 1 heterocycles. The Labute approximate surface area is 119 Å². The lowest BCUT2D eigenvalue weighted by Gasteiger charge is -2.08. The Morgan fingerprint density at radius 3 is 2.76 bits per heavy atom. The number of carbonyl (C=O) groups is 1. The molecule has 0 aliphatic rings. The molecule has 2 aromatic rings. The topological polar surface area (TPSA) is 92.3 Å². The predicted octanol–water partition coefficient (Wildman–Crippen LogP) is 1.42. The Morgan fingerprint density at radius 1 is 1.43 bits per heavy atom. The summed E-state index contributed by atoms with van der Waals surface area (Å²) in [5.41, 5.74) is -0.123. The number of nitrogens with one attached hydrogen (secondary N) is 1. The summed E-state index contributed by atoms with van der Waals surface area (Å²) < 4.78 is 18.6. The van der Waals surface area contributed by atoms with Gasteiger partial charge < -0.3 is 14.8 Å². The Bertz CT molecular complexity index is 727. The van der Waals surface area contributed by atoms with Crippen molar-refractivity contribution in [2.75, 3.05) is 0 Å². The van der Waals surface area contributed by atoms with E-state index < -0.39 is 23.8 Å². The van der Waals surface area contributed by atoms with Gasteiger partial charge in [-0.15, -0.1) is 0 Å². The fourth-order valence-corrected chi connectivity index (χ4v) is 1.80. The van der Waals surface area contributed by atoms with Gasteiger partial charge in [-0.3, -0.25) is 9.59 Å². The van der Waals surface area contributed by atoms with Crippen molar-refractivity contribution < 1.29 is 19.0 Å². The number of aliphatic carboxylic acids is 1. The van der Waals surface area contributed by atoms with Crippen LogP contribution < -0.4 is 10.3 Å². The molecular formula is C14H13FN2O4. The zero-order valence-corrected chi connectivity index (χ0v) is 11.2. The van der Waals surface area contributed by atoms with Gasteiger partial charge in [0, 0.05) is 11.3 Å². The van der Waals surface area contributed by atoms with E-state index in [4.69, 9.17) is 9.84 Å². The van der Waals surface area contributed by atoms with Gasteiger partial charge in [0.1, 0.15) is 12.4 Å². The number of aromatic amines is 1.